The highest BCUT2D eigenvalue weighted by molar-refractivity contribution is 6.05. The van der Waals surface area contributed by atoms with E-state index in [0.717, 1.165) is 83.1 Å². The topological polar surface area (TPSA) is 131 Å². The predicted molar refractivity (Wildman–Crippen MR) is 307 cm³/mol. The minimum Gasteiger partial charge on any atom is -0.496 e. The summed E-state index contributed by atoms with van der Waals surface area (Å²) in [4.78, 5) is 52.2. The maximum Gasteiger partial charge on any atom is 0.337 e. The Labute approximate surface area is 448 Å². The van der Waals surface area contributed by atoms with Gasteiger partial charge in [0.2, 0.25) is 11.8 Å². The van der Waals surface area contributed by atoms with E-state index >= 15 is 0 Å². The Hall–Kier alpha value is -7.89. The summed E-state index contributed by atoms with van der Waals surface area (Å²) in [7, 11) is 4.71. The van der Waals surface area contributed by atoms with Crippen LogP contribution in [0.5, 0.6) is 11.5 Å². The van der Waals surface area contributed by atoms with Crippen molar-refractivity contribution in [1.29, 1.82) is 0 Å². The number of carbonyl (C=O) groups excluding carboxylic acids is 3. The average Bonchev–Trinajstić information content (AvgIpc) is 3.38. The smallest absolute Gasteiger partial charge is 0.337 e. The van der Waals surface area contributed by atoms with Crippen LogP contribution in [0.1, 0.15) is 106 Å². The third-order valence-electron chi connectivity index (χ3n) is 13.1. The molecule has 0 aliphatic carbocycles. The number of benzene rings is 6. The quantitative estimate of drug-likeness (QED) is 0.106. The molecule has 6 aromatic carbocycles. The zero-order valence-corrected chi connectivity index (χ0v) is 46.4. The fraction of sp³-hybridized carbons (Fsp3) is 0.308. The number of ether oxygens (including phenoxy) is 3. The Morgan fingerprint density at radius 1 is 0.500 bits per heavy atom. The zero-order valence-electron chi connectivity index (χ0n) is 46.4. The second-order valence-electron chi connectivity index (χ2n) is 22.4. The molecule has 1 N–H and O–H groups in total. The molecule has 0 spiro atoms. The summed E-state index contributed by atoms with van der Waals surface area (Å²) in [5.74, 6) is 2.55. The molecule has 0 atom stereocenters. The molecule has 8 aromatic rings. The van der Waals surface area contributed by atoms with E-state index in [1.165, 1.54) is 7.11 Å². The fourth-order valence-electron chi connectivity index (χ4n) is 9.13. The molecule has 2 heterocycles. The van der Waals surface area contributed by atoms with E-state index in [-0.39, 0.29) is 22.6 Å². The first-order valence-electron chi connectivity index (χ1n) is 25.6. The van der Waals surface area contributed by atoms with Crippen LogP contribution in [-0.2, 0) is 33.0 Å². The highest BCUT2D eigenvalue weighted by Crippen LogP contribution is 2.35. The normalized spacial score (nSPS) is 11.7. The van der Waals surface area contributed by atoms with E-state index in [1.54, 1.807) is 62.4 Å². The monoisotopic (exact) mass is 1020 g/mol. The molecule has 8 rings (SSSR count). The van der Waals surface area contributed by atoms with Gasteiger partial charge in [0.05, 0.1) is 45.6 Å². The number of hydrogen-bond donors (Lipinski definition) is 1. The van der Waals surface area contributed by atoms with Crippen molar-refractivity contribution in [3.05, 3.63) is 179 Å². The number of carbonyl (C=O) groups is 3. The van der Waals surface area contributed by atoms with Crippen molar-refractivity contribution in [3.63, 3.8) is 0 Å². The second-order valence-corrected chi connectivity index (χ2v) is 22.4. The number of aliphatic hydroxyl groups is 1. The highest BCUT2D eigenvalue weighted by Gasteiger charge is 2.27. The summed E-state index contributed by atoms with van der Waals surface area (Å²) < 4.78 is 15.7. The van der Waals surface area contributed by atoms with Crippen molar-refractivity contribution in [2.45, 2.75) is 101 Å². The van der Waals surface area contributed by atoms with Crippen molar-refractivity contribution in [2.75, 3.05) is 31.1 Å². The van der Waals surface area contributed by atoms with Gasteiger partial charge in [-0.3, -0.25) is 19.4 Å². The summed E-state index contributed by atoms with van der Waals surface area (Å²) in [5.41, 5.74) is 8.56. The number of methoxy groups -OCH3 is 3. The number of aromatic nitrogens is 2. The molecule has 0 fully saturated rings. The van der Waals surface area contributed by atoms with Gasteiger partial charge < -0.3 is 19.3 Å². The van der Waals surface area contributed by atoms with Crippen LogP contribution in [0.3, 0.4) is 0 Å². The second kappa shape index (κ2) is 23.3. The van der Waals surface area contributed by atoms with Gasteiger partial charge in [-0.05, 0) is 160 Å². The lowest BCUT2D eigenvalue weighted by atomic mass is 9.91. The third kappa shape index (κ3) is 13.9. The van der Waals surface area contributed by atoms with Crippen LogP contribution in [0, 0.1) is 24.7 Å². The molecule has 0 aliphatic rings. The molecule has 2 aromatic heterocycles. The standard InChI is InChI=1S/C33H38N2O3.C32H34N2O4/c1-22-18-25(12-15-29(22)38-7)24-10-8-23(9-11-24)21-35(30(36)20-32(2,3)4)31-28-14-13-27(33(5,6)37)19-26(28)16-17-34-31;1-21-17-24(12-14-28(21)37-5)23-9-7-22(8-10-23)20-34(29(35)19-32(2,3)4)30-27-13-11-26(31(36)38-6)18-25(27)15-16-33-30/h8-19,37H,20-21H2,1-7H3;7-18H,19-20H2,1-6H3. The Kier molecular flexibility index (Phi) is 17.1. The number of amides is 2. The molecule has 0 aliphatic heterocycles. The SMILES string of the molecule is COC(=O)c1ccc2c(N(Cc3ccc(-c4ccc(OC)c(C)c4)cc3)C(=O)CC(C)(C)C)nccc2c1.COc1ccc(-c2ccc(CN(C(=O)CC(C)(C)C)c3nccc4cc(C(C)(C)O)ccc34)cc2)cc1C. The van der Waals surface area contributed by atoms with Gasteiger partial charge in [0.15, 0.2) is 0 Å². The average molecular weight is 1020 g/mol. The molecular formula is C65H72N4O7. The molecule has 0 saturated carbocycles. The van der Waals surface area contributed by atoms with Crippen molar-refractivity contribution in [2.24, 2.45) is 10.8 Å². The molecule has 0 radical (unpaired) electrons. The Bertz CT molecular complexity index is 3360. The minimum absolute atomic E-state index is 0.00981. The molecule has 0 bridgehead atoms. The highest BCUT2D eigenvalue weighted by atomic mass is 16.5. The number of nitrogens with zero attached hydrogens (tertiary/aromatic N) is 4. The van der Waals surface area contributed by atoms with Gasteiger partial charge in [-0.2, -0.15) is 0 Å². The van der Waals surface area contributed by atoms with Crippen LogP contribution in [0.2, 0.25) is 0 Å². The van der Waals surface area contributed by atoms with Crippen LogP contribution >= 0.6 is 0 Å². The number of fused-ring (bicyclic) bond motifs is 2. The van der Waals surface area contributed by atoms with E-state index in [2.05, 4.69) is 85.3 Å². The van der Waals surface area contributed by atoms with Gasteiger partial charge >= 0.3 is 5.97 Å². The van der Waals surface area contributed by atoms with Crippen molar-refractivity contribution in [3.8, 4) is 33.8 Å². The summed E-state index contributed by atoms with van der Waals surface area (Å²) in [6, 6.07) is 43.8. The van der Waals surface area contributed by atoms with Crippen LogP contribution in [0.4, 0.5) is 11.6 Å². The first-order chi connectivity index (χ1) is 35.9. The zero-order chi connectivity index (χ0) is 55.1. The van der Waals surface area contributed by atoms with Crippen LogP contribution in [-0.4, -0.2) is 54.2 Å². The first kappa shape index (κ1) is 55.9. The molecule has 11 nitrogen and oxygen atoms in total. The van der Waals surface area contributed by atoms with E-state index in [1.807, 2.05) is 101 Å². The van der Waals surface area contributed by atoms with Gasteiger partial charge in [-0.25, -0.2) is 14.8 Å². The minimum atomic E-state index is -0.955. The molecule has 76 heavy (non-hydrogen) atoms. The van der Waals surface area contributed by atoms with Crippen molar-refractivity contribution >= 4 is 51.0 Å². The van der Waals surface area contributed by atoms with E-state index in [9.17, 15) is 19.5 Å². The predicted octanol–water partition coefficient (Wildman–Crippen LogP) is 14.4. The van der Waals surface area contributed by atoms with E-state index in [0.29, 0.717) is 43.1 Å². The Balaban J connectivity index is 0.000000221. The lowest BCUT2D eigenvalue weighted by Gasteiger charge is -2.27. The molecule has 2 amide bonds. The van der Waals surface area contributed by atoms with Crippen LogP contribution < -0.4 is 19.3 Å². The molecule has 11 heteroatoms. The fourth-order valence-corrected chi connectivity index (χ4v) is 9.13. The third-order valence-corrected chi connectivity index (χ3v) is 13.1. The molecule has 0 unspecified atom stereocenters. The first-order valence-corrected chi connectivity index (χ1v) is 25.6. The lowest BCUT2D eigenvalue weighted by Crippen LogP contribution is -2.34. The van der Waals surface area contributed by atoms with E-state index < -0.39 is 11.6 Å². The maximum absolute atomic E-state index is 13.7. The van der Waals surface area contributed by atoms with Gasteiger partial charge in [0.25, 0.3) is 0 Å². The van der Waals surface area contributed by atoms with Gasteiger partial charge in [-0.1, -0.05) is 114 Å². The van der Waals surface area contributed by atoms with Crippen LogP contribution in [0.15, 0.2) is 146 Å². The number of esters is 1. The number of aryl methyl sites for hydroxylation is 2. The van der Waals surface area contributed by atoms with Crippen molar-refractivity contribution < 1.29 is 33.7 Å². The largest absolute Gasteiger partial charge is 0.496 e. The van der Waals surface area contributed by atoms with E-state index in [4.69, 9.17) is 14.2 Å². The Morgan fingerprint density at radius 3 is 1.29 bits per heavy atom. The number of hydrogen-bond acceptors (Lipinski definition) is 9. The molecule has 394 valence electrons. The van der Waals surface area contributed by atoms with Gasteiger partial charge in [-0.15, -0.1) is 0 Å². The number of pyridine rings is 2. The number of anilines is 2. The lowest BCUT2D eigenvalue weighted by molar-refractivity contribution is -0.121. The summed E-state index contributed by atoms with van der Waals surface area (Å²) in [6.45, 7) is 20.8. The summed E-state index contributed by atoms with van der Waals surface area (Å²) >= 11 is 0. The van der Waals surface area contributed by atoms with Crippen LogP contribution in [0.25, 0.3) is 43.8 Å². The summed E-state index contributed by atoms with van der Waals surface area (Å²) in [6.07, 6.45) is 4.17. The maximum atomic E-state index is 13.7. The summed E-state index contributed by atoms with van der Waals surface area (Å²) in [5, 5.41) is 13.9. The number of rotatable bonds is 14. The Morgan fingerprint density at radius 2 is 0.908 bits per heavy atom. The van der Waals surface area contributed by atoms with Gasteiger partial charge in [0.1, 0.15) is 23.1 Å². The van der Waals surface area contributed by atoms with Crippen molar-refractivity contribution in [1.82, 2.24) is 9.97 Å². The molecule has 0 saturated heterocycles. The van der Waals surface area contributed by atoms with Gasteiger partial charge in [0, 0.05) is 36.0 Å². The molecular weight excluding hydrogens is 949 g/mol.